The van der Waals surface area contributed by atoms with Crippen molar-refractivity contribution in [2.24, 2.45) is 0 Å². The molecule has 0 radical (unpaired) electrons. The van der Waals surface area contributed by atoms with E-state index in [4.69, 9.17) is 14.2 Å². The van der Waals surface area contributed by atoms with Crippen molar-refractivity contribution in [3.63, 3.8) is 0 Å². The number of rotatable bonds is 7. The van der Waals surface area contributed by atoms with Crippen LogP contribution in [0.5, 0.6) is 16.6 Å². The van der Waals surface area contributed by atoms with E-state index in [-0.39, 0.29) is 6.73 Å². The van der Waals surface area contributed by atoms with Crippen LogP contribution < -0.4 is 14.2 Å². The Labute approximate surface area is 203 Å². The summed E-state index contributed by atoms with van der Waals surface area (Å²) in [5, 5.41) is 21.6. The molecule has 1 saturated heterocycles. The van der Waals surface area contributed by atoms with Crippen molar-refractivity contribution in [2.45, 2.75) is 13.2 Å². The number of hydrogen-bond acceptors (Lipinski definition) is 8. The van der Waals surface area contributed by atoms with Gasteiger partial charge in [0.2, 0.25) is 0 Å². The van der Waals surface area contributed by atoms with E-state index in [2.05, 4.69) is 40.1 Å². The number of hydrogen-bond donors (Lipinski definition) is 1. The molecule has 2 aliphatic rings. The number of benzene rings is 2. The molecule has 2 aromatic carbocycles. The summed E-state index contributed by atoms with van der Waals surface area (Å²) in [6.45, 7) is 6.26. The normalized spacial score (nSPS) is 16.2. The summed E-state index contributed by atoms with van der Waals surface area (Å²) in [6, 6.07) is 16.5. The maximum absolute atomic E-state index is 9.81. The number of fused-ring (bicyclic) bond motifs is 1. The summed E-state index contributed by atoms with van der Waals surface area (Å²) >= 11 is 1.44. The molecule has 2 aliphatic heterocycles. The first kappa shape index (κ1) is 22.7. The average Bonchev–Trinajstić information content (AvgIpc) is 3.31. The molecule has 3 heterocycles. The molecule has 8 heteroatoms. The molecule has 0 spiro atoms. The fraction of sp³-hybridized carbons (Fsp3) is 0.346. The SMILES string of the molecule is N#Cc1c(-c2ccc3c(c2)OCCO3)csc1OCc1ccc(CN2CCN(CO)CC2)cc1. The summed E-state index contributed by atoms with van der Waals surface area (Å²) in [5.74, 6) is 1.44. The third kappa shape index (κ3) is 5.03. The number of piperazine rings is 1. The minimum absolute atomic E-state index is 0.137. The minimum Gasteiger partial charge on any atom is -0.486 e. The highest BCUT2D eigenvalue weighted by atomic mass is 32.1. The van der Waals surface area contributed by atoms with Crippen LogP contribution in [0.3, 0.4) is 0 Å². The molecule has 0 unspecified atom stereocenters. The zero-order chi connectivity index (χ0) is 23.3. The summed E-state index contributed by atoms with van der Waals surface area (Å²) in [4.78, 5) is 4.46. The Balaban J connectivity index is 1.21. The van der Waals surface area contributed by atoms with E-state index in [9.17, 15) is 10.4 Å². The van der Waals surface area contributed by atoms with Gasteiger partial charge in [-0.25, -0.2) is 0 Å². The number of thiophene rings is 1. The second kappa shape index (κ2) is 10.5. The zero-order valence-electron chi connectivity index (χ0n) is 18.9. The second-order valence-corrected chi connectivity index (χ2v) is 9.27. The summed E-state index contributed by atoms with van der Waals surface area (Å²) < 4.78 is 17.3. The summed E-state index contributed by atoms with van der Waals surface area (Å²) in [7, 11) is 0. The molecule has 1 fully saturated rings. The van der Waals surface area contributed by atoms with Gasteiger partial charge < -0.3 is 19.3 Å². The molecular weight excluding hydrogens is 450 g/mol. The van der Waals surface area contributed by atoms with Crippen molar-refractivity contribution in [1.29, 1.82) is 5.26 Å². The predicted molar refractivity (Wildman–Crippen MR) is 130 cm³/mol. The Kier molecular flexibility index (Phi) is 6.97. The number of aliphatic hydroxyl groups is 1. The van der Waals surface area contributed by atoms with Gasteiger partial charge in [0.15, 0.2) is 16.6 Å². The molecule has 0 amide bonds. The molecule has 7 nitrogen and oxygen atoms in total. The van der Waals surface area contributed by atoms with E-state index in [1.165, 1.54) is 16.9 Å². The minimum atomic E-state index is 0.137. The molecule has 3 aromatic rings. The van der Waals surface area contributed by atoms with Crippen LogP contribution in [0.1, 0.15) is 16.7 Å². The van der Waals surface area contributed by atoms with Gasteiger partial charge in [0, 0.05) is 43.7 Å². The van der Waals surface area contributed by atoms with Gasteiger partial charge in [-0.05, 0) is 28.8 Å². The van der Waals surface area contributed by atoms with Crippen molar-refractivity contribution in [3.8, 4) is 33.8 Å². The maximum atomic E-state index is 9.81. The van der Waals surface area contributed by atoms with E-state index in [1.807, 2.05) is 23.6 Å². The zero-order valence-corrected chi connectivity index (χ0v) is 19.7. The Hall–Kier alpha value is -3.09. The van der Waals surface area contributed by atoms with Gasteiger partial charge in [0.05, 0.1) is 6.73 Å². The lowest BCUT2D eigenvalue weighted by atomic mass is 10.0. The Bertz CT molecular complexity index is 1160. The van der Waals surface area contributed by atoms with Crippen LogP contribution in [0.4, 0.5) is 0 Å². The summed E-state index contributed by atoms with van der Waals surface area (Å²) in [5.41, 5.74) is 4.62. The molecule has 1 N–H and O–H groups in total. The van der Waals surface area contributed by atoms with Crippen LogP contribution in [0, 0.1) is 11.3 Å². The quantitative estimate of drug-likeness (QED) is 0.556. The maximum Gasteiger partial charge on any atom is 0.192 e. The van der Waals surface area contributed by atoms with Crippen molar-refractivity contribution in [3.05, 3.63) is 64.5 Å². The van der Waals surface area contributed by atoms with Crippen LogP contribution in [0.2, 0.25) is 0 Å². The number of aliphatic hydroxyl groups excluding tert-OH is 1. The van der Waals surface area contributed by atoms with E-state index in [0.717, 1.165) is 55.2 Å². The van der Waals surface area contributed by atoms with Gasteiger partial charge in [-0.2, -0.15) is 5.26 Å². The number of nitrogens with zero attached hydrogens (tertiary/aromatic N) is 3. The highest BCUT2D eigenvalue weighted by Crippen LogP contribution is 2.40. The van der Waals surface area contributed by atoms with E-state index < -0.39 is 0 Å². The molecule has 176 valence electrons. The standard InChI is InChI=1S/C26H27N3O4S/c27-14-22-23(21-5-6-24-25(13-21)32-12-11-31-24)17-34-26(22)33-16-20-3-1-19(2-4-20)15-28-7-9-29(18-30)10-8-28/h1-6,13,17,30H,7-12,15-16,18H2. The van der Waals surface area contributed by atoms with Crippen LogP contribution in [-0.4, -0.2) is 61.0 Å². The fourth-order valence-electron chi connectivity index (χ4n) is 4.21. The van der Waals surface area contributed by atoms with Crippen LogP contribution in [0.15, 0.2) is 47.8 Å². The third-order valence-corrected chi connectivity index (χ3v) is 7.08. The average molecular weight is 478 g/mol. The Morgan fingerprint density at radius 2 is 1.65 bits per heavy atom. The Morgan fingerprint density at radius 3 is 2.38 bits per heavy atom. The Morgan fingerprint density at radius 1 is 0.941 bits per heavy atom. The van der Waals surface area contributed by atoms with Gasteiger partial charge in [-0.1, -0.05) is 30.3 Å². The van der Waals surface area contributed by atoms with E-state index in [1.54, 1.807) is 0 Å². The van der Waals surface area contributed by atoms with Gasteiger partial charge in [-0.3, -0.25) is 9.80 Å². The van der Waals surface area contributed by atoms with Crippen molar-refractivity contribution >= 4 is 11.3 Å². The molecule has 0 atom stereocenters. The predicted octanol–water partition coefficient (Wildman–Crippen LogP) is 3.70. The van der Waals surface area contributed by atoms with Crippen molar-refractivity contribution < 1.29 is 19.3 Å². The van der Waals surface area contributed by atoms with Gasteiger partial charge >= 0.3 is 0 Å². The van der Waals surface area contributed by atoms with Gasteiger partial charge in [0.1, 0.15) is 31.5 Å². The largest absolute Gasteiger partial charge is 0.486 e. The molecule has 0 bridgehead atoms. The van der Waals surface area contributed by atoms with E-state index in [0.29, 0.717) is 36.2 Å². The van der Waals surface area contributed by atoms with Crippen molar-refractivity contribution in [1.82, 2.24) is 9.80 Å². The van der Waals surface area contributed by atoms with Crippen LogP contribution in [-0.2, 0) is 13.2 Å². The first-order chi connectivity index (χ1) is 16.7. The van der Waals surface area contributed by atoms with Crippen LogP contribution in [0.25, 0.3) is 11.1 Å². The first-order valence-corrected chi connectivity index (χ1v) is 12.3. The number of ether oxygens (including phenoxy) is 3. The van der Waals surface area contributed by atoms with Crippen LogP contribution >= 0.6 is 11.3 Å². The molecular formula is C26H27N3O4S. The monoisotopic (exact) mass is 477 g/mol. The molecule has 5 rings (SSSR count). The molecule has 0 aliphatic carbocycles. The molecule has 1 aromatic heterocycles. The van der Waals surface area contributed by atoms with Crippen molar-refractivity contribution in [2.75, 3.05) is 46.1 Å². The number of nitriles is 1. The van der Waals surface area contributed by atoms with Gasteiger partial charge in [0.25, 0.3) is 0 Å². The molecule has 0 saturated carbocycles. The summed E-state index contributed by atoms with van der Waals surface area (Å²) in [6.07, 6.45) is 0. The van der Waals surface area contributed by atoms with Gasteiger partial charge in [-0.15, -0.1) is 11.3 Å². The molecule has 34 heavy (non-hydrogen) atoms. The topological polar surface area (TPSA) is 78.2 Å². The highest BCUT2D eigenvalue weighted by molar-refractivity contribution is 7.12. The second-order valence-electron chi connectivity index (χ2n) is 8.42. The third-order valence-electron chi connectivity index (χ3n) is 6.19. The lowest BCUT2D eigenvalue weighted by molar-refractivity contribution is 0.0518. The van der Waals surface area contributed by atoms with E-state index >= 15 is 0 Å². The first-order valence-electron chi connectivity index (χ1n) is 11.4. The smallest absolute Gasteiger partial charge is 0.192 e. The lowest BCUT2D eigenvalue weighted by Gasteiger charge is -2.33. The fourth-order valence-corrected chi connectivity index (χ4v) is 5.09. The highest BCUT2D eigenvalue weighted by Gasteiger charge is 2.19. The lowest BCUT2D eigenvalue weighted by Crippen LogP contribution is -2.46.